The molecule has 2 saturated carbocycles. The molecule has 0 radical (unpaired) electrons. The molecule has 2 aliphatic carbocycles. The average molecular weight is 438 g/mol. The van der Waals surface area contributed by atoms with Gasteiger partial charge in [0.1, 0.15) is 0 Å². The minimum Gasteiger partial charge on any atom is -0.342 e. The lowest BCUT2D eigenvalue weighted by atomic mass is 9.93. The summed E-state index contributed by atoms with van der Waals surface area (Å²) in [6.07, 6.45) is 7.87. The lowest BCUT2D eigenvalue weighted by Gasteiger charge is -2.32. The fraction of sp³-hybridized carbons (Fsp3) is 0.720. The Hall–Kier alpha value is -2.15. The van der Waals surface area contributed by atoms with E-state index in [1.54, 1.807) is 4.52 Å². The van der Waals surface area contributed by atoms with E-state index in [4.69, 9.17) is 4.98 Å². The predicted octanol–water partition coefficient (Wildman–Crippen LogP) is 2.93. The predicted molar refractivity (Wildman–Crippen MR) is 123 cm³/mol. The molecular weight excluding hydrogens is 402 g/mol. The molecular formula is C25H35N5O2. The number of rotatable bonds is 3. The average Bonchev–Trinajstić information content (AvgIpc) is 3.39. The number of piperidine rings is 1. The summed E-state index contributed by atoms with van der Waals surface area (Å²) in [5.41, 5.74) is 3.67. The second-order valence-electron chi connectivity index (χ2n) is 10.8. The summed E-state index contributed by atoms with van der Waals surface area (Å²) in [6.45, 7) is 7.65. The van der Waals surface area contributed by atoms with Crippen molar-refractivity contribution in [3.05, 3.63) is 33.4 Å². The summed E-state index contributed by atoms with van der Waals surface area (Å²) in [5, 5.41) is 3.37. The number of hydrogen-bond donors (Lipinski definition) is 1. The molecule has 3 fully saturated rings. The molecule has 7 heteroatoms. The maximum atomic E-state index is 13.2. The first-order chi connectivity index (χ1) is 15.5. The molecule has 2 aromatic rings. The van der Waals surface area contributed by atoms with Crippen molar-refractivity contribution in [3.63, 3.8) is 0 Å². The molecule has 1 saturated heterocycles. The Morgan fingerprint density at radius 2 is 1.81 bits per heavy atom. The van der Waals surface area contributed by atoms with Gasteiger partial charge in [-0.1, -0.05) is 12.8 Å². The van der Waals surface area contributed by atoms with Gasteiger partial charge >= 0.3 is 0 Å². The number of fused-ring (bicyclic) bond motifs is 3. The van der Waals surface area contributed by atoms with Crippen LogP contribution in [0.5, 0.6) is 0 Å². The molecule has 0 aromatic carbocycles. The van der Waals surface area contributed by atoms with Crippen LogP contribution >= 0.6 is 0 Å². The molecule has 7 nitrogen and oxygen atoms in total. The summed E-state index contributed by atoms with van der Waals surface area (Å²) in [4.78, 5) is 35.5. The van der Waals surface area contributed by atoms with Crippen LogP contribution in [0.3, 0.4) is 0 Å². The van der Waals surface area contributed by atoms with E-state index >= 15 is 0 Å². The van der Waals surface area contributed by atoms with E-state index in [0.29, 0.717) is 42.2 Å². The van der Waals surface area contributed by atoms with Crippen LogP contribution in [-0.2, 0) is 17.8 Å². The number of hydrogen-bond acceptors (Lipinski definition) is 4. The molecule has 172 valence electrons. The van der Waals surface area contributed by atoms with Crippen molar-refractivity contribution >= 4 is 11.6 Å². The lowest BCUT2D eigenvalue weighted by Crippen LogP contribution is -2.40. The van der Waals surface area contributed by atoms with Gasteiger partial charge in [0, 0.05) is 62.2 Å². The molecule has 1 amide bonds. The first kappa shape index (κ1) is 20.5. The number of likely N-dealkylation sites (tertiary alicyclic amines) is 1. The van der Waals surface area contributed by atoms with Crippen LogP contribution in [0.25, 0.3) is 5.65 Å². The minimum absolute atomic E-state index is 0.0468. The maximum absolute atomic E-state index is 13.2. The molecule has 2 aromatic heterocycles. The van der Waals surface area contributed by atoms with Crippen LogP contribution in [0.15, 0.2) is 10.9 Å². The minimum atomic E-state index is 0.0468. The van der Waals surface area contributed by atoms with E-state index in [0.717, 1.165) is 61.5 Å². The van der Waals surface area contributed by atoms with Crippen LogP contribution in [0.2, 0.25) is 0 Å². The highest BCUT2D eigenvalue weighted by Gasteiger charge is 2.55. The third kappa shape index (κ3) is 3.31. The highest BCUT2D eigenvalue weighted by atomic mass is 16.2. The molecule has 6 rings (SSSR count). The van der Waals surface area contributed by atoms with Crippen molar-refractivity contribution in [2.24, 2.45) is 17.8 Å². The van der Waals surface area contributed by atoms with E-state index in [9.17, 15) is 9.59 Å². The molecule has 0 spiro atoms. The maximum Gasteiger partial charge on any atom is 0.277 e. The highest BCUT2D eigenvalue weighted by Crippen LogP contribution is 2.56. The largest absolute Gasteiger partial charge is 0.342 e. The van der Waals surface area contributed by atoms with Crippen LogP contribution in [-0.4, -0.2) is 56.0 Å². The number of aromatic amines is 1. The number of aromatic nitrogens is 3. The third-order valence-corrected chi connectivity index (χ3v) is 8.73. The van der Waals surface area contributed by atoms with Gasteiger partial charge in [0.05, 0.1) is 11.3 Å². The second kappa shape index (κ2) is 7.72. The van der Waals surface area contributed by atoms with Crippen LogP contribution < -0.4 is 5.56 Å². The van der Waals surface area contributed by atoms with E-state index in [1.165, 1.54) is 25.7 Å². The first-order valence-electron chi connectivity index (χ1n) is 12.7. The second-order valence-corrected chi connectivity index (χ2v) is 10.8. The SMILES string of the molecule is CC(C)N1CCc2nc3cc(C4CCN(C(=O)C5[C@H]6CCCC[C@@H]56)CC4)[nH]n3c(=O)c2C1. The van der Waals surface area contributed by atoms with Crippen molar-refractivity contribution in [1.29, 1.82) is 0 Å². The Kier molecular flexibility index (Phi) is 4.93. The van der Waals surface area contributed by atoms with Gasteiger partial charge in [-0.2, -0.15) is 0 Å². The molecule has 1 unspecified atom stereocenters. The van der Waals surface area contributed by atoms with Gasteiger partial charge in [0.25, 0.3) is 5.56 Å². The van der Waals surface area contributed by atoms with Crippen molar-refractivity contribution in [2.75, 3.05) is 19.6 Å². The van der Waals surface area contributed by atoms with Crippen molar-refractivity contribution < 1.29 is 4.79 Å². The van der Waals surface area contributed by atoms with Gasteiger partial charge in [-0.3, -0.25) is 19.6 Å². The molecule has 32 heavy (non-hydrogen) atoms. The fourth-order valence-corrected chi connectivity index (χ4v) is 6.65. The monoisotopic (exact) mass is 437 g/mol. The van der Waals surface area contributed by atoms with E-state index in [2.05, 4.69) is 34.8 Å². The molecule has 4 heterocycles. The summed E-state index contributed by atoms with van der Waals surface area (Å²) in [5.74, 6) is 2.45. The number of amides is 1. The molecule has 0 bridgehead atoms. The summed E-state index contributed by atoms with van der Waals surface area (Å²) in [7, 11) is 0. The van der Waals surface area contributed by atoms with Crippen LogP contribution in [0.4, 0.5) is 0 Å². The third-order valence-electron chi connectivity index (χ3n) is 8.73. The Morgan fingerprint density at radius 1 is 1.09 bits per heavy atom. The van der Waals surface area contributed by atoms with Gasteiger partial charge in [-0.15, -0.1) is 0 Å². The summed E-state index contributed by atoms with van der Waals surface area (Å²) in [6, 6.07) is 2.49. The van der Waals surface area contributed by atoms with Crippen molar-refractivity contribution in [2.45, 2.75) is 77.3 Å². The molecule has 2 aliphatic heterocycles. The first-order valence-corrected chi connectivity index (χ1v) is 12.7. The lowest BCUT2D eigenvalue weighted by molar-refractivity contribution is -0.134. The summed E-state index contributed by atoms with van der Waals surface area (Å²) < 4.78 is 1.64. The molecule has 1 N–H and O–H groups in total. The zero-order valence-corrected chi connectivity index (χ0v) is 19.3. The number of nitrogens with zero attached hydrogens (tertiary/aromatic N) is 4. The molecule has 3 atom stereocenters. The summed E-state index contributed by atoms with van der Waals surface area (Å²) >= 11 is 0. The Balaban J connectivity index is 1.17. The smallest absolute Gasteiger partial charge is 0.277 e. The molecule has 4 aliphatic rings. The highest BCUT2D eigenvalue weighted by molar-refractivity contribution is 5.82. The number of nitrogens with one attached hydrogen (secondary N) is 1. The van der Waals surface area contributed by atoms with Gasteiger partial charge in [0.2, 0.25) is 5.91 Å². The quantitative estimate of drug-likeness (QED) is 0.801. The zero-order chi connectivity index (χ0) is 22.0. The van der Waals surface area contributed by atoms with Gasteiger partial charge in [0.15, 0.2) is 5.65 Å². The Labute approximate surface area is 189 Å². The van der Waals surface area contributed by atoms with Crippen LogP contribution in [0, 0.1) is 17.8 Å². The number of carbonyl (C=O) groups is 1. The Morgan fingerprint density at radius 3 is 2.50 bits per heavy atom. The number of carbonyl (C=O) groups excluding carboxylic acids is 1. The Bertz CT molecular complexity index is 1080. The topological polar surface area (TPSA) is 73.7 Å². The fourth-order valence-electron chi connectivity index (χ4n) is 6.65. The number of H-pyrrole nitrogens is 1. The van der Waals surface area contributed by atoms with Crippen molar-refractivity contribution in [3.8, 4) is 0 Å². The van der Waals surface area contributed by atoms with Crippen molar-refractivity contribution in [1.82, 2.24) is 24.4 Å². The van der Waals surface area contributed by atoms with E-state index < -0.39 is 0 Å². The van der Waals surface area contributed by atoms with Gasteiger partial charge in [-0.05, 0) is 51.4 Å². The van der Waals surface area contributed by atoms with E-state index in [1.807, 2.05) is 0 Å². The van der Waals surface area contributed by atoms with Gasteiger partial charge in [-0.25, -0.2) is 9.50 Å². The van der Waals surface area contributed by atoms with Gasteiger partial charge < -0.3 is 4.90 Å². The standard InChI is InChI=1S/C25H35N5O2/c1-15(2)29-12-9-20-19(14-29)24(31)30-22(26-20)13-21(27-30)16-7-10-28(11-8-16)25(32)23-17-5-3-4-6-18(17)23/h13,15-18,23,27H,3-12,14H2,1-2H3/t17-,18+,23?. The normalized spacial score (nSPS) is 28.7. The zero-order valence-electron chi connectivity index (χ0n) is 19.3. The van der Waals surface area contributed by atoms with E-state index in [-0.39, 0.29) is 5.56 Å². The van der Waals surface area contributed by atoms with Crippen LogP contribution in [0.1, 0.15) is 75.2 Å².